The predicted molar refractivity (Wildman–Crippen MR) is 46.9 cm³/mol. The molecule has 0 aromatic rings. The Bertz CT molecular complexity index is 210. The van der Waals surface area contributed by atoms with Crippen LogP contribution in [0.2, 0.25) is 0 Å². The third-order valence-electron chi connectivity index (χ3n) is 1.26. The summed E-state index contributed by atoms with van der Waals surface area (Å²) < 4.78 is 31.3. The first-order valence-corrected chi connectivity index (χ1v) is 5.20. The Balaban J connectivity index is 0.00000121. The van der Waals surface area contributed by atoms with Crippen LogP contribution in [0, 0.1) is 0 Å². The predicted octanol–water partition coefficient (Wildman–Crippen LogP) is -0.507. The van der Waals surface area contributed by atoms with Gasteiger partial charge >= 0.3 is 29.6 Å². The van der Waals surface area contributed by atoms with Gasteiger partial charge in [0.1, 0.15) is 5.75 Å². The van der Waals surface area contributed by atoms with Crippen LogP contribution in [0.5, 0.6) is 0 Å². The van der Waals surface area contributed by atoms with E-state index in [9.17, 15) is 8.42 Å². The van der Waals surface area contributed by atoms with E-state index in [1.807, 2.05) is 6.92 Å². The molecule has 0 amide bonds. The molecule has 1 aliphatic rings. The first-order valence-electron chi connectivity index (χ1n) is 3.63. The van der Waals surface area contributed by atoms with Gasteiger partial charge in [0.2, 0.25) is 0 Å². The van der Waals surface area contributed by atoms with E-state index in [-0.39, 0.29) is 48.0 Å². The van der Waals surface area contributed by atoms with Crippen molar-refractivity contribution >= 4 is 39.7 Å². The topological polar surface area (TPSA) is 55.9 Å². The van der Waals surface area contributed by atoms with Gasteiger partial charge in [-0.25, -0.2) is 0 Å². The Morgan fingerprint density at radius 3 is 2.58 bits per heavy atom. The van der Waals surface area contributed by atoms with Gasteiger partial charge in [0.25, 0.3) is 10.1 Å². The zero-order chi connectivity index (χ0) is 8.32. The Hall–Kier alpha value is 0.870. The van der Waals surface area contributed by atoms with Crippen molar-refractivity contribution in [1.82, 2.24) is 0 Å². The summed E-state index contributed by atoms with van der Waals surface area (Å²) >= 11 is 0. The van der Waals surface area contributed by atoms with Gasteiger partial charge in [-0.2, -0.15) is 8.42 Å². The minimum absolute atomic E-state index is 0. The maximum atomic E-state index is 10.9. The van der Waals surface area contributed by atoms with E-state index in [1.54, 1.807) is 0 Å². The molecule has 1 unspecified atom stereocenters. The molecule has 0 spiro atoms. The van der Waals surface area contributed by atoms with E-state index in [1.165, 1.54) is 0 Å². The molecule has 0 aromatic carbocycles. The second-order valence-electron chi connectivity index (χ2n) is 2.50. The van der Waals surface area contributed by atoms with E-state index < -0.39 is 10.1 Å². The summed E-state index contributed by atoms with van der Waals surface area (Å²) in [4.78, 5) is 0. The van der Waals surface area contributed by atoms with Crippen molar-refractivity contribution in [3.05, 3.63) is 0 Å². The monoisotopic (exact) mass is 204 g/mol. The number of rotatable bonds is 5. The van der Waals surface area contributed by atoms with E-state index >= 15 is 0 Å². The fraction of sp³-hybridized carbons (Fsp3) is 1.00. The molecule has 0 radical (unpaired) electrons. The van der Waals surface area contributed by atoms with Crippen LogP contribution in [0.25, 0.3) is 0 Å². The average Bonchev–Trinajstić information content (AvgIpc) is 2.67. The number of hydrogen-bond acceptors (Lipinski definition) is 4. The summed E-state index contributed by atoms with van der Waals surface area (Å²) in [5.74, 6) is 0.00694. The number of epoxide rings is 1. The third-order valence-corrected chi connectivity index (χ3v) is 2.57. The van der Waals surface area contributed by atoms with Crippen molar-refractivity contribution in [1.29, 1.82) is 0 Å². The Kier molecular flexibility index (Phi) is 5.97. The second-order valence-corrected chi connectivity index (χ2v) is 4.19. The summed E-state index contributed by atoms with van der Waals surface area (Å²) in [5.41, 5.74) is 0. The van der Waals surface area contributed by atoms with Crippen LogP contribution in [0.1, 0.15) is 13.3 Å². The van der Waals surface area contributed by atoms with E-state index in [0.29, 0.717) is 13.0 Å². The van der Waals surface area contributed by atoms with Gasteiger partial charge < -0.3 is 4.74 Å². The van der Waals surface area contributed by atoms with Crippen LogP contribution in [-0.4, -0.2) is 63.0 Å². The SMILES string of the molecule is CCCOS(=O)(=O)CC1CO1.[NaH]. The summed E-state index contributed by atoms with van der Waals surface area (Å²) in [5, 5.41) is 0. The molecular formula is C6H13NaO4S. The second kappa shape index (κ2) is 5.57. The van der Waals surface area contributed by atoms with Gasteiger partial charge in [0.15, 0.2) is 0 Å². The van der Waals surface area contributed by atoms with Gasteiger partial charge in [-0.1, -0.05) is 6.92 Å². The standard InChI is InChI=1S/C6H12O4S.Na.H/c1-2-3-10-11(7,8)5-6-4-9-6;;/h6H,2-5H2,1H3;;. The molecule has 68 valence electrons. The zero-order valence-corrected chi connectivity index (χ0v) is 7.26. The summed E-state index contributed by atoms with van der Waals surface area (Å²) in [6.45, 7) is 2.69. The van der Waals surface area contributed by atoms with Crippen LogP contribution in [0.3, 0.4) is 0 Å². The molecule has 0 bridgehead atoms. The van der Waals surface area contributed by atoms with Crippen molar-refractivity contribution in [2.24, 2.45) is 0 Å². The first-order chi connectivity index (χ1) is 5.14. The van der Waals surface area contributed by atoms with E-state index in [2.05, 4.69) is 4.18 Å². The molecule has 1 fully saturated rings. The normalized spacial score (nSPS) is 21.6. The Morgan fingerprint density at radius 2 is 2.17 bits per heavy atom. The third kappa shape index (κ3) is 5.50. The van der Waals surface area contributed by atoms with Crippen LogP contribution >= 0.6 is 0 Å². The van der Waals surface area contributed by atoms with Crippen molar-refractivity contribution in [2.45, 2.75) is 19.4 Å². The summed E-state index contributed by atoms with van der Waals surface area (Å²) in [7, 11) is -3.31. The number of ether oxygens (including phenoxy) is 1. The van der Waals surface area contributed by atoms with Crippen LogP contribution in [0.4, 0.5) is 0 Å². The minimum atomic E-state index is -3.31. The van der Waals surface area contributed by atoms with E-state index in [4.69, 9.17) is 4.74 Å². The number of hydrogen-bond donors (Lipinski definition) is 0. The molecule has 1 rings (SSSR count). The Labute approximate surface area is 95.0 Å². The quantitative estimate of drug-likeness (QED) is 0.344. The van der Waals surface area contributed by atoms with Crippen molar-refractivity contribution in [2.75, 3.05) is 19.0 Å². The first kappa shape index (κ1) is 12.9. The summed E-state index contributed by atoms with van der Waals surface area (Å²) in [6, 6.07) is 0. The molecule has 0 saturated carbocycles. The average molecular weight is 204 g/mol. The van der Waals surface area contributed by atoms with Crippen LogP contribution in [-0.2, 0) is 19.0 Å². The molecule has 1 saturated heterocycles. The molecule has 6 heteroatoms. The molecule has 0 aliphatic carbocycles. The molecule has 1 atom stereocenters. The molecule has 1 aliphatic heterocycles. The van der Waals surface area contributed by atoms with Gasteiger partial charge in [-0.3, -0.25) is 4.18 Å². The van der Waals surface area contributed by atoms with Crippen molar-refractivity contribution < 1.29 is 17.3 Å². The Morgan fingerprint density at radius 1 is 1.58 bits per heavy atom. The van der Waals surface area contributed by atoms with E-state index in [0.717, 1.165) is 0 Å². The zero-order valence-electron chi connectivity index (χ0n) is 6.45. The van der Waals surface area contributed by atoms with Crippen molar-refractivity contribution in [3.63, 3.8) is 0 Å². The molecule has 0 aromatic heterocycles. The van der Waals surface area contributed by atoms with Crippen molar-refractivity contribution in [3.8, 4) is 0 Å². The molecular weight excluding hydrogens is 191 g/mol. The molecule has 1 heterocycles. The van der Waals surface area contributed by atoms with Gasteiger partial charge in [0.05, 0.1) is 19.3 Å². The molecule has 0 N–H and O–H groups in total. The van der Waals surface area contributed by atoms with Gasteiger partial charge in [-0.15, -0.1) is 0 Å². The van der Waals surface area contributed by atoms with Gasteiger partial charge in [-0.05, 0) is 6.42 Å². The summed E-state index contributed by atoms with van der Waals surface area (Å²) in [6.07, 6.45) is 0.599. The van der Waals surface area contributed by atoms with Gasteiger partial charge in [0, 0.05) is 0 Å². The fourth-order valence-electron chi connectivity index (χ4n) is 0.650. The fourth-order valence-corrected chi connectivity index (χ4v) is 1.81. The van der Waals surface area contributed by atoms with Crippen LogP contribution < -0.4 is 0 Å². The maximum absolute atomic E-state index is 10.9. The molecule has 4 nitrogen and oxygen atoms in total. The van der Waals surface area contributed by atoms with Crippen LogP contribution in [0.15, 0.2) is 0 Å². The molecule has 12 heavy (non-hydrogen) atoms.